The van der Waals surface area contributed by atoms with E-state index >= 15 is 0 Å². The van der Waals surface area contributed by atoms with Gasteiger partial charge in [0, 0.05) is 11.9 Å². The minimum absolute atomic E-state index is 0.144. The normalized spacial score (nSPS) is 10.9. The molecule has 0 aliphatic heterocycles. The second kappa shape index (κ2) is 4.78. The first-order chi connectivity index (χ1) is 8.16. The van der Waals surface area contributed by atoms with Crippen molar-refractivity contribution in [2.75, 3.05) is 0 Å². The van der Waals surface area contributed by atoms with Crippen LogP contribution in [0.15, 0.2) is 46.2 Å². The third-order valence-corrected chi connectivity index (χ3v) is 2.47. The van der Waals surface area contributed by atoms with Crippen molar-refractivity contribution in [3.63, 3.8) is 0 Å². The number of aromatic amines is 1. The number of aromatic nitrogens is 1. The predicted octanol–water partition coefficient (Wildman–Crippen LogP) is 2.74. The number of nitrogens with one attached hydrogen (secondary N) is 1. The van der Waals surface area contributed by atoms with Gasteiger partial charge in [0.2, 0.25) is 0 Å². The van der Waals surface area contributed by atoms with Crippen molar-refractivity contribution in [3.05, 3.63) is 63.6 Å². The second-order valence-corrected chi connectivity index (χ2v) is 3.98. The lowest BCUT2D eigenvalue weighted by Crippen LogP contribution is -2.08. The van der Waals surface area contributed by atoms with Crippen LogP contribution in [0.25, 0.3) is 0 Å². The molecule has 0 unspecified atom stereocenters. The average molecular weight is 226 g/mol. The van der Waals surface area contributed by atoms with E-state index in [1.54, 1.807) is 6.21 Å². The fourth-order valence-corrected chi connectivity index (χ4v) is 1.69. The number of pyridine rings is 1. The molecule has 0 amide bonds. The third kappa shape index (κ3) is 2.69. The van der Waals surface area contributed by atoms with Gasteiger partial charge < -0.3 is 4.98 Å². The molecule has 86 valence electrons. The summed E-state index contributed by atoms with van der Waals surface area (Å²) in [5.41, 5.74) is 3.05. The lowest BCUT2D eigenvalue weighted by molar-refractivity contribution is 1.11. The van der Waals surface area contributed by atoms with Crippen LogP contribution in [0.3, 0.4) is 0 Å². The Morgan fingerprint density at radius 1 is 1.18 bits per heavy atom. The number of aliphatic imine (C=N–C) groups is 1. The van der Waals surface area contributed by atoms with Crippen LogP contribution >= 0.6 is 0 Å². The Labute approximate surface area is 99.9 Å². The van der Waals surface area contributed by atoms with Gasteiger partial charge in [-0.3, -0.25) is 9.79 Å². The maximum atomic E-state index is 11.7. The quantitative estimate of drug-likeness (QED) is 0.786. The van der Waals surface area contributed by atoms with Crippen LogP contribution < -0.4 is 5.56 Å². The highest BCUT2D eigenvalue weighted by Crippen LogP contribution is 2.12. The molecule has 0 aliphatic carbocycles. The maximum Gasteiger partial charge on any atom is 0.274 e. The van der Waals surface area contributed by atoms with Crippen molar-refractivity contribution < 1.29 is 0 Å². The number of hydrogen-bond acceptors (Lipinski definition) is 2. The van der Waals surface area contributed by atoms with Gasteiger partial charge in [-0.05, 0) is 31.0 Å². The predicted molar refractivity (Wildman–Crippen MR) is 70.2 cm³/mol. The van der Waals surface area contributed by atoms with Crippen molar-refractivity contribution in [1.29, 1.82) is 0 Å². The number of aryl methyl sites for hydroxylation is 2. The molecular formula is C14H14N2O. The molecule has 0 atom stereocenters. The molecule has 17 heavy (non-hydrogen) atoms. The van der Waals surface area contributed by atoms with Gasteiger partial charge in [0.1, 0.15) is 5.69 Å². The zero-order valence-electron chi connectivity index (χ0n) is 9.90. The van der Waals surface area contributed by atoms with Gasteiger partial charge in [-0.2, -0.15) is 0 Å². The van der Waals surface area contributed by atoms with Gasteiger partial charge in [-0.25, -0.2) is 0 Å². The molecule has 0 saturated carbocycles. The SMILES string of the molecule is Cc1cc(C)c(N=Cc2ccccc2)c(=O)[nH]1. The van der Waals surface area contributed by atoms with Crippen LogP contribution in [0.5, 0.6) is 0 Å². The molecular weight excluding hydrogens is 212 g/mol. The number of rotatable bonds is 2. The first-order valence-corrected chi connectivity index (χ1v) is 5.46. The molecule has 3 nitrogen and oxygen atoms in total. The van der Waals surface area contributed by atoms with E-state index in [1.807, 2.05) is 50.2 Å². The van der Waals surface area contributed by atoms with Crippen LogP contribution in [0.2, 0.25) is 0 Å². The van der Waals surface area contributed by atoms with E-state index in [4.69, 9.17) is 0 Å². The van der Waals surface area contributed by atoms with E-state index < -0.39 is 0 Å². The summed E-state index contributed by atoms with van der Waals surface area (Å²) in [4.78, 5) is 18.7. The molecule has 1 aromatic carbocycles. The highest BCUT2D eigenvalue weighted by molar-refractivity contribution is 5.82. The summed E-state index contributed by atoms with van der Waals surface area (Å²) in [6.45, 7) is 3.75. The highest BCUT2D eigenvalue weighted by atomic mass is 16.1. The largest absolute Gasteiger partial charge is 0.325 e. The van der Waals surface area contributed by atoms with Crippen LogP contribution in [-0.2, 0) is 0 Å². The third-order valence-electron chi connectivity index (χ3n) is 2.47. The van der Waals surface area contributed by atoms with Crippen molar-refractivity contribution in [3.8, 4) is 0 Å². The first kappa shape index (κ1) is 11.3. The number of H-pyrrole nitrogens is 1. The smallest absolute Gasteiger partial charge is 0.274 e. The molecule has 2 aromatic rings. The van der Waals surface area contributed by atoms with Crippen molar-refractivity contribution in [2.24, 2.45) is 4.99 Å². The standard InChI is InChI=1S/C14H14N2O/c1-10-8-11(2)16-14(17)13(10)15-9-12-6-4-3-5-7-12/h3-9H,1-2H3,(H,16,17). The van der Waals surface area contributed by atoms with Crippen LogP contribution in [-0.4, -0.2) is 11.2 Å². The molecule has 0 radical (unpaired) electrons. The van der Waals surface area contributed by atoms with Crippen LogP contribution in [0.4, 0.5) is 5.69 Å². The van der Waals surface area contributed by atoms with Gasteiger partial charge in [-0.1, -0.05) is 30.3 Å². The van der Waals surface area contributed by atoms with Crippen LogP contribution in [0, 0.1) is 13.8 Å². The van der Waals surface area contributed by atoms with Gasteiger partial charge >= 0.3 is 0 Å². The molecule has 1 heterocycles. The summed E-state index contributed by atoms with van der Waals surface area (Å²) in [5.74, 6) is 0. The summed E-state index contributed by atoms with van der Waals surface area (Å²) in [5, 5.41) is 0. The number of benzene rings is 1. The maximum absolute atomic E-state index is 11.7. The highest BCUT2D eigenvalue weighted by Gasteiger charge is 2.02. The summed E-state index contributed by atoms with van der Waals surface area (Å²) < 4.78 is 0. The van der Waals surface area contributed by atoms with Gasteiger partial charge in [-0.15, -0.1) is 0 Å². The van der Waals surface area contributed by atoms with E-state index in [0.717, 1.165) is 16.8 Å². The van der Waals surface area contributed by atoms with E-state index in [9.17, 15) is 4.79 Å². The van der Waals surface area contributed by atoms with E-state index in [0.29, 0.717) is 5.69 Å². The van der Waals surface area contributed by atoms with Crippen LogP contribution in [0.1, 0.15) is 16.8 Å². The number of hydrogen-bond donors (Lipinski definition) is 1. The van der Waals surface area contributed by atoms with E-state index in [2.05, 4.69) is 9.98 Å². The Bertz CT molecular complexity index is 597. The minimum Gasteiger partial charge on any atom is -0.325 e. The Morgan fingerprint density at radius 3 is 2.53 bits per heavy atom. The fourth-order valence-electron chi connectivity index (χ4n) is 1.69. The van der Waals surface area contributed by atoms with Crippen molar-refractivity contribution >= 4 is 11.9 Å². The summed E-state index contributed by atoms with van der Waals surface area (Å²) in [7, 11) is 0. The molecule has 0 aliphatic rings. The minimum atomic E-state index is -0.144. The fraction of sp³-hybridized carbons (Fsp3) is 0.143. The Balaban J connectivity index is 2.37. The zero-order valence-corrected chi connectivity index (χ0v) is 9.90. The zero-order chi connectivity index (χ0) is 12.3. The molecule has 1 aromatic heterocycles. The van der Waals surface area contributed by atoms with Gasteiger partial charge in [0.05, 0.1) is 0 Å². The molecule has 2 rings (SSSR count). The first-order valence-electron chi connectivity index (χ1n) is 5.46. The molecule has 3 heteroatoms. The Kier molecular flexibility index (Phi) is 3.19. The topological polar surface area (TPSA) is 45.2 Å². The van der Waals surface area contributed by atoms with Crippen molar-refractivity contribution in [1.82, 2.24) is 4.98 Å². The number of nitrogens with zero attached hydrogens (tertiary/aromatic N) is 1. The lowest BCUT2D eigenvalue weighted by Gasteiger charge is -2.00. The molecule has 0 spiro atoms. The Hall–Kier alpha value is -2.16. The summed E-state index contributed by atoms with van der Waals surface area (Å²) in [6, 6.07) is 11.6. The molecule has 0 saturated heterocycles. The molecule has 0 fully saturated rings. The summed E-state index contributed by atoms with van der Waals surface area (Å²) >= 11 is 0. The van der Waals surface area contributed by atoms with Gasteiger partial charge in [0.25, 0.3) is 5.56 Å². The monoisotopic (exact) mass is 226 g/mol. The molecule has 0 bridgehead atoms. The second-order valence-electron chi connectivity index (χ2n) is 3.98. The van der Waals surface area contributed by atoms with Crippen molar-refractivity contribution in [2.45, 2.75) is 13.8 Å². The van der Waals surface area contributed by atoms with E-state index in [-0.39, 0.29) is 5.56 Å². The van der Waals surface area contributed by atoms with E-state index in [1.165, 1.54) is 0 Å². The Morgan fingerprint density at radius 2 is 1.88 bits per heavy atom. The lowest BCUT2D eigenvalue weighted by atomic mass is 10.2. The summed E-state index contributed by atoms with van der Waals surface area (Å²) in [6.07, 6.45) is 1.70. The average Bonchev–Trinajstić information content (AvgIpc) is 2.29. The molecule has 1 N–H and O–H groups in total. The van der Waals surface area contributed by atoms with Gasteiger partial charge in [0.15, 0.2) is 0 Å².